The van der Waals surface area contributed by atoms with Gasteiger partial charge in [0.1, 0.15) is 18.5 Å². The molecule has 6 nitrogen and oxygen atoms in total. The molecule has 1 heterocycles. The van der Waals surface area contributed by atoms with Gasteiger partial charge in [-0.2, -0.15) is 0 Å². The molecule has 1 aliphatic heterocycles. The molecule has 26 heavy (non-hydrogen) atoms. The SMILES string of the molecule is O=C(COC(=O)c1ccc(Br)cc1F)NCC1COc2ccccc2O1. The first-order valence-electron chi connectivity index (χ1n) is 7.80. The summed E-state index contributed by atoms with van der Waals surface area (Å²) in [6.45, 7) is -0.0307. The lowest BCUT2D eigenvalue weighted by Crippen LogP contribution is -2.42. The second-order valence-electron chi connectivity index (χ2n) is 5.50. The van der Waals surface area contributed by atoms with Crippen molar-refractivity contribution in [3.8, 4) is 11.5 Å². The van der Waals surface area contributed by atoms with Crippen molar-refractivity contribution < 1.29 is 28.2 Å². The molecule has 0 spiro atoms. The zero-order chi connectivity index (χ0) is 18.5. The van der Waals surface area contributed by atoms with Crippen LogP contribution in [0.1, 0.15) is 10.4 Å². The summed E-state index contributed by atoms with van der Waals surface area (Å²) in [6.07, 6.45) is -0.353. The Balaban J connectivity index is 1.44. The first-order valence-corrected chi connectivity index (χ1v) is 8.59. The van der Waals surface area contributed by atoms with Crippen LogP contribution >= 0.6 is 15.9 Å². The number of esters is 1. The summed E-state index contributed by atoms with van der Waals surface area (Å²) < 4.78 is 30.2. The van der Waals surface area contributed by atoms with E-state index in [1.807, 2.05) is 12.1 Å². The molecule has 0 radical (unpaired) electrons. The van der Waals surface area contributed by atoms with Crippen LogP contribution in [0.25, 0.3) is 0 Å². The van der Waals surface area contributed by atoms with Gasteiger partial charge >= 0.3 is 5.97 Å². The average molecular weight is 424 g/mol. The predicted octanol–water partition coefficient (Wildman–Crippen LogP) is 2.70. The van der Waals surface area contributed by atoms with Crippen molar-refractivity contribution in [2.45, 2.75) is 6.10 Å². The van der Waals surface area contributed by atoms with Gasteiger partial charge in [0.05, 0.1) is 12.1 Å². The number of amides is 1. The molecule has 8 heteroatoms. The predicted molar refractivity (Wildman–Crippen MR) is 93.7 cm³/mol. The van der Waals surface area contributed by atoms with Crippen LogP contribution in [-0.4, -0.2) is 37.7 Å². The molecule has 1 unspecified atom stereocenters. The summed E-state index contributed by atoms with van der Waals surface area (Å²) in [5.74, 6) is -0.887. The van der Waals surface area contributed by atoms with E-state index in [9.17, 15) is 14.0 Å². The molecule has 1 amide bonds. The van der Waals surface area contributed by atoms with Crippen LogP contribution in [-0.2, 0) is 9.53 Å². The Hall–Kier alpha value is -2.61. The minimum absolute atomic E-state index is 0.192. The molecule has 2 aromatic carbocycles. The van der Waals surface area contributed by atoms with Crippen molar-refractivity contribution in [2.24, 2.45) is 0 Å². The van der Waals surface area contributed by atoms with Crippen LogP contribution < -0.4 is 14.8 Å². The average Bonchev–Trinajstić information content (AvgIpc) is 2.64. The van der Waals surface area contributed by atoms with E-state index in [-0.39, 0.29) is 18.2 Å². The lowest BCUT2D eigenvalue weighted by molar-refractivity contribution is -0.124. The van der Waals surface area contributed by atoms with Crippen molar-refractivity contribution in [2.75, 3.05) is 19.8 Å². The van der Waals surface area contributed by atoms with Gasteiger partial charge in [0.15, 0.2) is 18.1 Å². The number of para-hydroxylation sites is 2. The molecule has 0 aromatic heterocycles. The first-order chi connectivity index (χ1) is 12.5. The zero-order valence-electron chi connectivity index (χ0n) is 13.5. The van der Waals surface area contributed by atoms with Crippen molar-refractivity contribution in [3.63, 3.8) is 0 Å². The van der Waals surface area contributed by atoms with Crippen LogP contribution in [0.2, 0.25) is 0 Å². The van der Waals surface area contributed by atoms with E-state index in [1.165, 1.54) is 12.1 Å². The van der Waals surface area contributed by atoms with E-state index in [2.05, 4.69) is 21.2 Å². The summed E-state index contributed by atoms with van der Waals surface area (Å²) in [6, 6.07) is 11.2. The molecule has 0 saturated carbocycles. The van der Waals surface area contributed by atoms with Crippen molar-refractivity contribution in [3.05, 3.63) is 58.3 Å². The van der Waals surface area contributed by atoms with Crippen LogP contribution in [0.5, 0.6) is 11.5 Å². The lowest BCUT2D eigenvalue weighted by atomic mass is 10.2. The van der Waals surface area contributed by atoms with Crippen LogP contribution in [0.3, 0.4) is 0 Å². The quantitative estimate of drug-likeness (QED) is 0.748. The third-order valence-corrected chi connectivity index (χ3v) is 4.07. The number of fused-ring (bicyclic) bond motifs is 1. The van der Waals surface area contributed by atoms with Crippen LogP contribution in [0.15, 0.2) is 46.9 Å². The van der Waals surface area contributed by atoms with Crippen LogP contribution in [0, 0.1) is 5.82 Å². The molecule has 0 saturated heterocycles. The topological polar surface area (TPSA) is 73.9 Å². The smallest absolute Gasteiger partial charge is 0.341 e. The molecular formula is C18H15BrFNO5. The first kappa shape index (κ1) is 18.2. The molecule has 0 bridgehead atoms. The number of benzene rings is 2. The number of ether oxygens (including phenoxy) is 3. The second-order valence-corrected chi connectivity index (χ2v) is 6.42. The Morgan fingerprint density at radius 3 is 2.77 bits per heavy atom. The van der Waals surface area contributed by atoms with E-state index in [1.54, 1.807) is 12.1 Å². The Labute approximate surface area is 157 Å². The third kappa shape index (κ3) is 4.51. The summed E-state index contributed by atoms with van der Waals surface area (Å²) in [5.41, 5.74) is -0.235. The van der Waals surface area contributed by atoms with Crippen molar-refractivity contribution in [1.82, 2.24) is 5.32 Å². The summed E-state index contributed by atoms with van der Waals surface area (Å²) >= 11 is 3.10. The van der Waals surface area contributed by atoms with Crippen molar-refractivity contribution in [1.29, 1.82) is 0 Å². The molecule has 3 rings (SSSR count). The number of nitrogens with one attached hydrogen (secondary N) is 1. The molecule has 1 atom stereocenters. The number of rotatable bonds is 5. The van der Waals surface area contributed by atoms with E-state index < -0.39 is 24.3 Å². The van der Waals surface area contributed by atoms with Gasteiger partial charge in [-0.05, 0) is 30.3 Å². The van der Waals surface area contributed by atoms with Gasteiger partial charge in [-0.3, -0.25) is 4.79 Å². The largest absolute Gasteiger partial charge is 0.486 e. The summed E-state index contributed by atoms with van der Waals surface area (Å²) in [5, 5.41) is 2.59. The number of hydrogen-bond donors (Lipinski definition) is 1. The minimum Gasteiger partial charge on any atom is -0.486 e. The number of halogens is 2. The fourth-order valence-corrected chi connectivity index (χ4v) is 2.64. The zero-order valence-corrected chi connectivity index (χ0v) is 15.1. The third-order valence-electron chi connectivity index (χ3n) is 3.58. The molecular weight excluding hydrogens is 409 g/mol. The highest BCUT2D eigenvalue weighted by molar-refractivity contribution is 9.10. The highest BCUT2D eigenvalue weighted by atomic mass is 79.9. The highest BCUT2D eigenvalue weighted by Crippen LogP contribution is 2.30. The fourth-order valence-electron chi connectivity index (χ4n) is 2.31. The van der Waals surface area contributed by atoms with Crippen LogP contribution in [0.4, 0.5) is 4.39 Å². The van der Waals surface area contributed by atoms with Gasteiger partial charge in [-0.25, -0.2) is 9.18 Å². The maximum absolute atomic E-state index is 13.7. The maximum atomic E-state index is 13.7. The fraction of sp³-hybridized carbons (Fsp3) is 0.222. The van der Waals surface area contributed by atoms with E-state index in [4.69, 9.17) is 14.2 Å². The van der Waals surface area contributed by atoms with E-state index in [0.29, 0.717) is 22.6 Å². The molecule has 2 aromatic rings. The maximum Gasteiger partial charge on any atom is 0.341 e. The van der Waals surface area contributed by atoms with Crippen molar-refractivity contribution >= 4 is 27.8 Å². The standard InChI is InChI=1S/C18H15BrFNO5/c19-11-5-6-13(14(20)7-11)18(23)25-10-17(22)21-8-12-9-24-15-3-1-2-4-16(15)26-12/h1-7,12H,8-10H2,(H,21,22). The Morgan fingerprint density at radius 2 is 2.00 bits per heavy atom. The van der Waals surface area contributed by atoms with Gasteiger partial charge in [-0.1, -0.05) is 28.1 Å². The molecule has 136 valence electrons. The molecule has 1 aliphatic rings. The van der Waals surface area contributed by atoms with Gasteiger partial charge in [0, 0.05) is 4.47 Å². The monoisotopic (exact) mass is 423 g/mol. The number of hydrogen-bond acceptors (Lipinski definition) is 5. The molecule has 0 fully saturated rings. The Bertz CT molecular complexity index is 829. The molecule has 1 N–H and O–H groups in total. The minimum atomic E-state index is -0.906. The number of carbonyl (C=O) groups is 2. The van der Waals surface area contributed by atoms with Gasteiger partial charge in [0.25, 0.3) is 5.91 Å². The van der Waals surface area contributed by atoms with E-state index >= 15 is 0 Å². The second kappa shape index (κ2) is 8.18. The number of carbonyl (C=O) groups excluding carboxylic acids is 2. The van der Waals surface area contributed by atoms with Gasteiger partial charge in [0.2, 0.25) is 0 Å². The Morgan fingerprint density at radius 1 is 1.23 bits per heavy atom. The van der Waals surface area contributed by atoms with Gasteiger partial charge < -0.3 is 19.5 Å². The van der Waals surface area contributed by atoms with Gasteiger partial charge in [-0.15, -0.1) is 0 Å². The van der Waals surface area contributed by atoms with E-state index in [0.717, 1.165) is 6.07 Å². The lowest BCUT2D eigenvalue weighted by Gasteiger charge is -2.26. The normalized spacial score (nSPS) is 15.2. The summed E-state index contributed by atoms with van der Waals surface area (Å²) in [4.78, 5) is 23.6. The summed E-state index contributed by atoms with van der Waals surface area (Å²) in [7, 11) is 0. The highest BCUT2D eigenvalue weighted by Gasteiger charge is 2.21. The Kier molecular flexibility index (Phi) is 5.72. The molecule has 0 aliphatic carbocycles.